The van der Waals surface area contributed by atoms with Crippen LogP contribution in [-0.2, 0) is 4.79 Å². The van der Waals surface area contributed by atoms with Gasteiger partial charge in [0, 0.05) is 23.2 Å². The molecule has 0 aliphatic heterocycles. The molecule has 0 heterocycles. The number of carbonyl (C=O) groups excluding carboxylic acids is 1. The molecule has 0 saturated carbocycles. The van der Waals surface area contributed by atoms with Crippen molar-refractivity contribution in [3.05, 3.63) is 32.3 Å². The minimum absolute atomic E-state index is 0.107. The lowest BCUT2D eigenvalue weighted by atomic mass is 10.1. The molecule has 1 rings (SSSR count). The minimum Gasteiger partial charge on any atom is -0.473 e. The lowest BCUT2D eigenvalue weighted by molar-refractivity contribution is -0.386. The summed E-state index contributed by atoms with van der Waals surface area (Å²) in [6.45, 7) is 2.93. The van der Waals surface area contributed by atoms with E-state index in [-0.39, 0.29) is 17.0 Å². The molecule has 7 nitrogen and oxygen atoms in total. The molecule has 1 unspecified atom stereocenters. The summed E-state index contributed by atoms with van der Waals surface area (Å²) in [6.07, 6.45) is -1.89. The third-order valence-electron chi connectivity index (χ3n) is 2.62. The summed E-state index contributed by atoms with van der Waals surface area (Å²) in [7, 11) is 1.44. The summed E-state index contributed by atoms with van der Waals surface area (Å²) in [5.41, 5.74) is -0.0761. The Morgan fingerprint density at radius 3 is 2.55 bits per heavy atom. The first-order chi connectivity index (χ1) is 9.27. The number of nitrogens with one attached hydrogen (secondary N) is 1. The average Bonchev–Trinajstić information content (AvgIpc) is 2.38. The van der Waals surface area contributed by atoms with Crippen LogP contribution in [-0.4, -0.2) is 29.1 Å². The van der Waals surface area contributed by atoms with Gasteiger partial charge < -0.3 is 15.2 Å². The van der Waals surface area contributed by atoms with Crippen LogP contribution < -0.4 is 10.1 Å². The Morgan fingerprint density at radius 2 is 2.10 bits per heavy atom. The molecule has 2 N–H and O–H groups in total. The monoisotopic (exact) mass is 346 g/mol. The first-order valence-corrected chi connectivity index (χ1v) is 6.61. The molecule has 0 spiro atoms. The highest BCUT2D eigenvalue weighted by atomic mass is 79.9. The molecule has 8 heteroatoms. The summed E-state index contributed by atoms with van der Waals surface area (Å²) in [6, 6.07) is 2.78. The summed E-state index contributed by atoms with van der Waals surface area (Å²) in [5, 5.41) is 23.2. The SMILES string of the molecule is CNC(=O)C(C)Oc1c([C@@H](C)O)cc(Br)cc1[N+](=O)[O-]. The molecule has 2 atom stereocenters. The second-order valence-corrected chi connectivity index (χ2v) is 5.07. The Hall–Kier alpha value is -1.67. The molecule has 0 aliphatic rings. The predicted octanol–water partition coefficient (Wildman–Crippen LogP) is 1.92. The molecule has 0 aromatic heterocycles. The van der Waals surface area contributed by atoms with Gasteiger partial charge in [-0.1, -0.05) is 15.9 Å². The van der Waals surface area contributed by atoms with E-state index in [0.29, 0.717) is 4.47 Å². The maximum absolute atomic E-state index is 11.5. The van der Waals surface area contributed by atoms with E-state index >= 15 is 0 Å². The number of aliphatic hydroxyl groups is 1. The number of hydrogen-bond acceptors (Lipinski definition) is 5. The predicted molar refractivity (Wildman–Crippen MR) is 75.6 cm³/mol. The second-order valence-electron chi connectivity index (χ2n) is 4.15. The molecule has 0 aliphatic carbocycles. The summed E-state index contributed by atoms with van der Waals surface area (Å²) >= 11 is 3.14. The number of likely N-dealkylation sites (N-methyl/N-ethyl adjacent to an activating group) is 1. The van der Waals surface area contributed by atoms with Gasteiger partial charge in [0.15, 0.2) is 6.10 Å². The van der Waals surface area contributed by atoms with Gasteiger partial charge in [0.25, 0.3) is 5.91 Å². The van der Waals surface area contributed by atoms with Crippen LogP contribution in [0.3, 0.4) is 0 Å². The zero-order valence-electron chi connectivity index (χ0n) is 11.2. The van der Waals surface area contributed by atoms with Crippen LogP contribution in [0, 0.1) is 10.1 Å². The van der Waals surface area contributed by atoms with Crippen molar-refractivity contribution in [2.24, 2.45) is 0 Å². The van der Waals surface area contributed by atoms with E-state index in [1.807, 2.05) is 0 Å². The molecule has 20 heavy (non-hydrogen) atoms. The van der Waals surface area contributed by atoms with Crippen molar-refractivity contribution < 1.29 is 19.6 Å². The van der Waals surface area contributed by atoms with Crippen molar-refractivity contribution >= 4 is 27.5 Å². The molecule has 0 saturated heterocycles. The van der Waals surface area contributed by atoms with Crippen LogP contribution in [0.4, 0.5) is 5.69 Å². The third kappa shape index (κ3) is 3.67. The Balaban J connectivity index is 3.33. The number of carbonyl (C=O) groups is 1. The highest BCUT2D eigenvalue weighted by Gasteiger charge is 2.26. The third-order valence-corrected chi connectivity index (χ3v) is 3.08. The summed E-state index contributed by atoms with van der Waals surface area (Å²) < 4.78 is 5.82. The molecule has 1 amide bonds. The smallest absolute Gasteiger partial charge is 0.312 e. The first kappa shape index (κ1) is 16.4. The topological polar surface area (TPSA) is 102 Å². The van der Waals surface area contributed by atoms with E-state index in [9.17, 15) is 20.0 Å². The number of rotatable bonds is 5. The molecule has 0 fully saturated rings. The van der Waals surface area contributed by atoms with Crippen LogP contribution in [0.2, 0.25) is 0 Å². The number of nitro benzene ring substituents is 1. The average molecular weight is 347 g/mol. The van der Waals surface area contributed by atoms with E-state index in [0.717, 1.165) is 0 Å². The fourth-order valence-electron chi connectivity index (χ4n) is 1.61. The van der Waals surface area contributed by atoms with E-state index in [2.05, 4.69) is 21.2 Å². The number of benzene rings is 1. The maximum Gasteiger partial charge on any atom is 0.312 e. The van der Waals surface area contributed by atoms with Gasteiger partial charge in [-0.15, -0.1) is 0 Å². The standard InChI is InChI=1S/C12H15BrN2O5/c1-6(16)9-4-8(13)5-10(15(18)19)11(9)20-7(2)12(17)14-3/h4-7,16H,1-3H3,(H,14,17)/t6-,7?/m1/s1. The fourth-order valence-corrected chi connectivity index (χ4v) is 2.07. The fraction of sp³-hybridized carbons (Fsp3) is 0.417. The van der Waals surface area contributed by atoms with E-state index in [1.54, 1.807) is 0 Å². The number of nitrogens with zero attached hydrogens (tertiary/aromatic N) is 1. The quantitative estimate of drug-likeness (QED) is 0.626. The Kier molecular flexibility index (Phi) is 5.46. The number of nitro groups is 1. The van der Waals surface area contributed by atoms with Gasteiger partial charge >= 0.3 is 5.69 Å². The molecule has 1 aromatic carbocycles. The van der Waals surface area contributed by atoms with Gasteiger partial charge in [0.2, 0.25) is 5.75 Å². The zero-order valence-corrected chi connectivity index (χ0v) is 12.8. The number of amides is 1. The molecule has 0 radical (unpaired) electrons. The lowest BCUT2D eigenvalue weighted by Crippen LogP contribution is -2.34. The van der Waals surface area contributed by atoms with Crippen LogP contribution in [0.15, 0.2) is 16.6 Å². The second kappa shape index (κ2) is 6.67. The van der Waals surface area contributed by atoms with Crippen LogP contribution >= 0.6 is 15.9 Å². The van der Waals surface area contributed by atoms with Gasteiger partial charge in [-0.05, 0) is 19.9 Å². The van der Waals surface area contributed by atoms with Crippen LogP contribution in [0.5, 0.6) is 5.75 Å². The van der Waals surface area contributed by atoms with Crippen molar-refractivity contribution in [1.29, 1.82) is 0 Å². The van der Waals surface area contributed by atoms with Gasteiger partial charge in [0.1, 0.15) is 0 Å². The van der Waals surface area contributed by atoms with Gasteiger partial charge in [-0.3, -0.25) is 14.9 Å². The molecule has 1 aromatic rings. The lowest BCUT2D eigenvalue weighted by Gasteiger charge is -2.18. The summed E-state index contributed by atoms with van der Waals surface area (Å²) in [4.78, 5) is 21.9. The van der Waals surface area contributed by atoms with Crippen molar-refractivity contribution in [3.8, 4) is 5.75 Å². The van der Waals surface area contributed by atoms with E-state index < -0.39 is 23.0 Å². The maximum atomic E-state index is 11.5. The normalized spacial score (nSPS) is 13.4. The molecule has 0 bridgehead atoms. The Labute approximate surface area is 124 Å². The van der Waals surface area contributed by atoms with E-state index in [4.69, 9.17) is 4.74 Å². The highest BCUT2D eigenvalue weighted by Crippen LogP contribution is 2.38. The Bertz CT molecular complexity index is 533. The number of aliphatic hydroxyl groups excluding tert-OH is 1. The molecular formula is C12H15BrN2O5. The van der Waals surface area contributed by atoms with Gasteiger partial charge in [0.05, 0.1) is 11.0 Å². The van der Waals surface area contributed by atoms with Gasteiger partial charge in [-0.25, -0.2) is 0 Å². The zero-order chi connectivity index (χ0) is 15.4. The first-order valence-electron chi connectivity index (χ1n) is 5.82. The highest BCUT2D eigenvalue weighted by molar-refractivity contribution is 9.10. The number of hydrogen-bond donors (Lipinski definition) is 2. The van der Waals surface area contributed by atoms with Crippen molar-refractivity contribution in [2.75, 3.05) is 7.05 Å². The largest absolute Gasteiger partial charge is 0.473 e. The minimum atomic E-state index is -0.974. The van der Waals surface area contributed by atoms with Gasteiger partial charge in [-0.2, -0.15) is 0 Å². The van der Waals surface area contributed by atoms with Crippen molar-refractivity contribution in [1.82, 2.24) is 5.32 Å². The molecular weight excluding hydrogens is 332 g/mol. The van der Waals surface area contributed by atoms with E-state index in [1.165, 1.54) is 33.0 Å². The van der Waals surface area contributed by atoms with Crippen molar-refractivity contribution in [2.45, 2.75) is 26.1 Å². The Morgan fingerprint density at radius 1 is 1.50 bits per heavy atom. The molecule has 110 valence electrons. The summed E-state index contributed by atoms with van der Waals surface area (Å²) in [5.74, 6) is -0.525. The van der Waals surface area contributed by atoms with Crippen molar-refractivity contribution in [3.63, 3.8) is 0 Å². The number of halogens is 1. The van der Waals surface area contributed by atoms with Crippen LogP contribution in [0.1, 0.15) is 25.5 Å². The van der Waals surface area contributed by atoms with Crippen LogP contribution in [0.25, 0.3) is 0 Å². The number of ether oxygens (including phenoxy) is 1.